The monoisotopic (exact) mass is 315 g/mol. The number of nitrogens with one attached hydrogen (secondary N) is 1. The third-order valence-corrected chi connectivity index (χ3v) is 5.12. The second-order valence-electron chi connectivity index (χ2n) is 6.92. The summed E-state index contributed by atoms with van der Waals surface area (Å²) in [7, 11) is 0. The Kier molecular flexibility index (Phi) is 4.09. The number of pyridine rings is 1. The molecule has 2 aromatic rings. The van der Waals surface area contributed by atoms with E-state index in [4.69, 9.17) is 14.5 Å². The lowest BCUT2D eigenvalue weighted by molar-refractivity contribution is -0.140. The zero-order valence-electron chi connectivity index (χ0n) is 13.8. The number of fused-ring (bicyclic) bond motifs is 1. The van der Waals surface area contributed by atoms with Crippen molar-refractivity contribution in [2.45, 2.75) is 50.8 Å². The second-order valence-corrected chi connectivity index (χ2v) is 6.92. The molecule has 0 saturated carbocycles. The molecule has 23 heavy (non-hydrogen) atoms. The van der Waals surface area contributed by atoms with Crippen molar-refractivity contribution in [2.75, 3.05) is 19.8 Å². The molecule has 1 spiro atoms. The van der Waals surface area contributed by atoms with Crippen molar-refractivity contribution in [1.29, 1.82) is 0 Å². The van der Waals surface area contributed by atoms with Crippen molar-refractivity contribution in [3.63, 3.8) is 0 Å². The van der Waals surface area contributed by atoms with Crippen LogP contribution in [0.15, 0.2) is 24.5 Å². The lowest BCUT2D eigenvalue weighted by Gasteiger charge is -2.43. The van der Waals surface area contributed by atoms with Crippen LogP contribution in [0.2, 0.25) is 0 Å². The Morgan fingerprint density at radius 3 is 3.00 bits per heavy atom. The van der Waals surface area contributed by atoms with Gasteiger partial charge in [0, 0.05) is 44.8 Å². The largest absolute Gasteiger partial charge is 0.381 e. The summed E-state index contributed by atoms with van der Waals surface area (Å²) in [6.07, 6.45) is 8.46. The number of rotatable bonds is 3. The number of imidazole rings is 1. The molecule has 0 amide bonds. The Labute approximate surface area is 137 Å². The van der Waals surface area contributed by atoms with Crippen LogP contribution in [0, 0.1) is 6.92 Å². The van der Waals surface area contributed by atoms with E-state index < -0.39 is 0 Å². The van der Waals surface area contributed by atoms with Crippen molar-refractivity contribution < 1.29 is 9.47 Å². The van der Waals surface area contributed by atoms with Gasteiger partial charge in [0.15, 0.2) is 0 Å². The first kappa shape index (κ1) is 15.1. The predicted molar refractivity (Wildman–Crippen MR) is 88.5 cm³/mol. The van der Waals surface area contributed by atoms with Gasteiger partial charge < -0.3 is 19.2 Å². The topological polar surface area (TPSA) is 47.8 Å². The third kappa shape index (κ3) is 3.27. The molecule has 0 aromatic carbocycles. The summed E-state index contributed by atoms with van der Waals surface area (Å²) in [6.45, 7) is 5.43. The number of aryl methyl sites for hydroxylation is 1. The number of nitrogens with zero attached hydrogens (tertiary/aromatic N) is 2. The van der Waals surface area contributed by atoms with Gasteiger partial charge in [0.05, 0.1) is 11.3 Å². The van der Waals surface area contributed by atoms with Crippen molar-refractivity contribution in [3.05, 3.63) is 35.8 Å². The maximum absolute atomic E-state index is 6.11. The molecule has 2 aliphatic heterocycles. The van der Waals surface area contributed by atoms with Crippen LogP contribution in [0.1, 0.15) is 36.9 Å². The highest BCUT2D eigenvalue weighted by Gasteiger charge is 2.38. The molecule has 5 nitrogen and oxygen atoms in total. The van der Waals surface area contributed by atoms with Crippen LogP contribution in [-0.4, -0.2) is 40.8 Å². The number of aromatic nitrogens is 2. The van der Waals surface area contributed by atoms with Crippen LogP contribution in [0.3, 0.4) is 0 Å². The molecular weight excluding hydrogens is 290 g/mol. The first-order valence-corrected chi connectivity index (χ1v) is 8.62. The van der Waals surface area contributed by atoms with Crippen LogP contribution in [-0.2, 0) is 16.0 Å². The Morgan fingerprint density at radius 1 is 1.26 bits per heavy atom. The van der Waals surface area contributed by atoms with Gasteiger partial charge in [-0.15, -0.1) is 0 Å². The summed E-state index contributed by atoms with van der Waals surface area (Å²) in [5.74, 6) is 0. The predicted octanol–water partition coefficient (Wildman–Crippen LogP) is 2.46. The summed E-state index contributed by atoms with van der Waals surface area (Å²) >= 11 is 0. The van der Waals surface area contributed by atoms with Crippen LogP contribution < -0.4 is 5.32 Å². The molecule has 2 fully saturated rings. The highest BCUT2D eigenvalue weighted by atomic mass is 16.5. The Morgan fingerprint density at radius 2 is 2.13 bits per heavy atom. The third-order valence-electron chi connectivity index (χ3n) is 5.12. The minimum Gasteiger partial charge on any atom is -0.381 e. The van der Waals surface area contributed by atoms with Crippen LogP contribution >= 0.6 is 0 Å². The van der Waals surface area contributed by atoms with E-state index in [9.17, 15) is 0 Å². The summed E-state index contributed by atoms with van der Waals surface area (Å²) < 4.78 is 13.7. The first-order chi connectivity index (χ1) is 11.2. The Balaban J connectivity index is 1.39. The summed E-state index contributed by atoms with van der Waals surface area (Å²) in [5.41, 5.74) is 3.41. The van der Waals surface area contributed by atoms with Gasteiger partial charge in [0.25, 0.3) is 0 Å². The number of ether oxygens (including phenoxy) is 2. The molecule has 2 aromatic heterocycles. The van der Waals surface area contributed by atoms with Crippen molar-refractivity contribution in [1.82, 2.24) is 14.7 Å². The normalized spacial score (nSPS) is 24.3. The highest BCUT2D eigenvalue weighted by Crippen LogP contribution is 2.34. The van der Waals surface area contributed by atoms with Gasteiger partial charge >= 0.3 is 0 Å². The van der Waals surface area contributed by atoms with Gasteiger partial charge in [-0.3, -0.25) is 0 Å². The molecule has 0 radical (unpaired) electrons. The van der Waals surface area contributed by atoms with Gasteiger partial charge in [0.2, 0.25) is 0 Å². The van der Waals surface area contributed by atoms with Gasteiger partial charge in [0.1, 0.15) is 5.65 Å². The molecule has 0 bridgehead atoms. The standard InChI is InChI=1S/C18H25N3O2/c1-14-2-3-17-20-16(13-21(17)12-14)11-19-15-4-7-23-18(10-15)5-8-22-9-6-18/h2-3,12-13,15,19H,4-11H2,1H3. The molecule has 5 heteroatoms. The van der Waals surface area contributed by atoms with E-state index in [0.717, 1.165) is 63.4 Å². The molecular formula is C18H25N3O2. The van der Waals surface area contributed by atoms with E-state index in [2.05, 4.69) is 41.2 Å². The van der Waals surface area contributed by atoms with E-state index in [-0.39, 0.29) is 5.60 Å². The van der Waals surface area contributed by atoms with E-state index in [1.165, 1.54) is 5.56 Å². The zero-order chi connectivity index (χ0) is 15.7. The number of hydrogen-bond donors (Lipinski definition) is 1. The van der Waals surface area contributed by atoms with Gasteiger partial charge in [-0.2, -0.15) is 0 Å². The van der Waals surface area contributed by atoms with Crippen molar-refractivity contribution in [3.8, 4) is 0 Å². The smallest absolute Gasteiger partial charge is 0.137 e. The quantitative estimate of drug-likeness (QED) is 0.945. The van der Waals surface area contributed by atoms with Crippen molar-refractivity contribution >= 4 is 5.65 Å². The van der Waals surface area contributed by atoms with Gasteiger partial charge in [-0.05, 0) is 44.2 Å². The zero-order valence-corrected chi connectivity index (χ0v) is 13.8. The molecule has 124 valence electrons. The minimum atomic E-state index is 0.0458. The fourth-order valence-corrected chi connectivity index (χ4v) is 3.78. The number of hydrogen-bond acceptors (Lipinski definition) is 4. The molecule has 4 rings (SSSR count). The highest BCUT2D eigenvalue weighted by molar-refractivity contribution is 5.41. The molecule has 2 saturated heterocycles. The summed E-state index contributed by atoms with van der Waals surface area (Å²) in [4.78, 5) is 4.69. The van der Waals surface area contributed by atoms with Crippen LogP contribution in [0.4, 0.5) is 0 Å². The summed E-state index contributed by atoms with van der Waals surface area (Å²) in [5, 5.41) is 3.69. The maximum Gasteiger partial charge on any atom is 0.137 e. The Bertz CT molecular complexity index is 670. The SMILES string of the molecule is Cc1ccc2nc(CNC3CCOC4(CCOCC4)C3)cn2c1. The van der Waals surface area contributed by atoms with E-state index in [1.54, 1.807) is 0 Å². The minimum absolute atomic E-state index is 0.0458. The molecule has 1 N–H and O–H groups in total. The first-order valence-electron chi connectivity index (χ1n) is 8.62. The fourth-order valence-electron chi connectivity index (χ4n) is 3.78. The van der Waals surface area contributed by atoms with Crippen molar-refractivity contribution in [2.24, 2.45) is 0 Å². The average Bonchev–Trinajstić information content (AvgIpc) is 2.96. The summed E-state index contributed by atoms with van der Waals surface area (Å²) in [6, 6.07) is 4.69. The van der Waals surface area contributed by atoms with E-state index in [0.29, 0.717) is 6.04 Å². The van der Waals surface area contributed by atoms with Gasteiger partial charge in [-0.1, -0.05) is 6.07 Å². The van der Waals surface area contributed by atoms with Gasteiger partial charge in [-0.25, -0.2) is 4.98 Å². The van der Waals surface area contributed by atoms with Crippen LogP contribution in [0.25, 0.3) is 5.65 Å². The Hall–Kier alpha value is -1.43. The maximum atomic E-state index is 6.11. The molecule has 2 aliphatic rings. The van der Waals surface area contributed by atoms with E-state index in [1.807, 2.05) is 0 Å². The molecule has 4 heterocycles. The van der Waals surface area contributed by atoms with Crippen LogP contribution in [0.5, 0.6) is 0 Å². The second kappa shape index (κ2) is 6.23. The molecule has 1 unspecified atom stereocenters. The molecule has 0 aliphatic carbocycles. The lowest BCUT2D eigenvalue weighted by Crippen LogP contribution is -2.49. The average molecular weight is 315 g/mol. The van der Waals surface area contributed by atoms with E-state index >= 15 is 0 Å². The lowest BCUT2D eigenvalue weighted by atomic mass is 9.84. The fraction of sp³-hybridized carbons (Fsp3) is 0.611. The molecule has 1 atom stereocenters.